The van der Waals surface area contributed by atoms with Gasteiger partial charge in [0, 0.05) is 19.5 Å². The molecule has 0 unspecified atom stereocenters. The second-order valence-corrected chi connectivity index (χ2v) is 3.85. The Bertz CT molecular complexity index is 387. The van der Waals surface area contributed by atoms with Crippen LogP contribution in [0.1, 0.15) is 18.9 Å². The molecule has 80 valence electrons. The lowest BCUT2D eigenvalue weighted by Gasteiger charge is -2.24. The molecule has 1 aliphatic heterocycles. The average Bonchev–Trinajstić information content (AvgIpc) is 2.37. The van der Waals surface area contributed by atoms with Gasteiger partial charge in [0.15, 0.2) is 0 Å². The van der Waals surface area contributed by atoms with Crippen molar-refractivity contribution in [1.82, 2.24) is 0 Å². The van der Waals surface area contributed by atoms with Crippen molar-refractivity contribution in [2.45, 2.75) is 20.3 Å². The van der Waals surface area contributed by atoms with E-state index in [1.165, 1.54) is 11.3 Å². The minimum atomic E-state index is 0.109. The number of benzene rings is 1. The average molecular weight is 204 g/mol. The molecule has 1 aliphatic rings. The quantitative estimate of drug-likeness (QED) is 0.760. The molecule has 0 aromatic heterocycles. The third kappa shape index (κ3) is 1.82. The molecular formula is C12H16N2O. The Balaban J connectivity index is 2.50. The SMILES string of the molecule is CCN1CCC(=O)Nc2cccc(C)c21. The van der Waals surface area contributed by atoms with Gasteiger partial charge in [-0.15, -0.1) is 0 Å². The van der Waals surface area contributed by atoms with Gasteiger partial charge in [-0.1, -0.05) is 12.1 Å². The van der Waals surface area contributed by atoms with Crippen molar-refractivity contribution < 1.29 is 4.79 Å². The molecule has 0 radical (unpaired) electrons. The zero-order valence-electron chi connectivity index (χ0n) is 9.21. The van der Waals surface area contributed by atoms with Crippen LogP contribution in [0.25, 0.3) is 0 Å². The zero-order valence-corrected chi connectivity index (χ0v) is 9.21. The lowest BCUT2D eigenvalue weighted by Crippen LogP contribution is -2.24. The third-order valence-corrected chi connectivity index (χ3v) is 2.82. The van der Waals surface area contributed by atoms with Crippen molar-refractivity contribution >= 4 is 17.3 Å². The highest BCUT2D eigenvalue weighted by Crippen LogP contribution is 2.31. The van der Waals surface area contributed by atoms with Crippen molar-refractivity contribution in [2.24, 2.45) is 0 Å². The first-order valence-corrected chi connectivity index (χ1v) is 5.36. The Morgan fingerprint density at radius 2 is 2.27 bits per heavy atom. The topological polar surface area (TPSA) is 32.3 Å². The molecule has 1 amide bonds. The molecular weight excluding hydrogens is 188 g/mol. The second kappa shape index (κ2) is 3.93. The molecule has 0 saturated carbocycles. The highest BCUT2D eigenvalue weighted by Gasteiger charge is 2.18. The Morgan fingerprint density at radius 3 is 3.00 bits per heavy atom. The summed E-state index contributed by atoms with van der Waals surface area (Å²) in [5, 5.41) is 2.95. The number of hydrogen-bond acceptors (Lipinski definition) is 2. The van der Waals surface area contributed by atoms with Crippen molar-refractivity contribution in [2.75, 3.05) is 23.3 Å². The number of aryl methyl sites for hydroxylation is 1. The summed E-state index contributed by atoms with van der Waals surface area (Å²) in [5.74, 6) is 0.109. The Labute approximate surface area is 90.1 Å². The predicted octanol–water partition coefficient (Wildman–Crippen LogP) is 2.16. The van der Waals surface area contributed by atoms with Gasteiger partial charge in [-0.25, -0.2) is 0 Å². The fraction of sp³-hybridized carbons (Fsp3) is 0.417. The highest BCUT2D eigenvalue weighted by atomic mass is 16.1. The molecule has 1 heterocycles. The minimum Gasteiger partial charge on any atom is -0.369 e. The number of amides is 1. The largest absolute Gasteiger partial charge is 0.369 e. The van der Waals surface area contributed by atoms with Crippen LogP contribution in [0.15, 0.2) is 18.2 Å². The van der Waals surface area contributed by atoms with E-state index in [0.29, 0.717) is 6.42 Å². The van der Waals surface area contributed by atoms with E-state index < -0.39 is 0 Å². The van der Waals surface area contributed by atoms with E-state index in [1.54, 1.807) is 0 Å². The summed E-state index contributed by atoms with van der Waals surface area (Å²) in [4.78, 5) is 13.7. The summed E-state index contributed by atoms with van der Waals surface area (Å²) in [6, 6.07) is 6.03. The molecule has 0 spiro atoms. The molecule has 0 aliphatic carbocycles. The van der Waals surface area contributed by atoms with Crippen molar-refractivity contribution in [3.05, 3.63) is 23.8 Å². The molecule has 0 atom stereocenters. The van der Waals surface area contributed by atoms with E-state index in [4.69, 9.17) is 0 Å². The summed E-state index contributed by atoms with van der Waals surface area (Å²) in [6.07, 6.45) is 0.571. The number of carbonyl (C=O) groups excluding carboxylic acids is 1. The van der Waals surface area contributed by atoms with Crippen molar-refractivity contribution in [1.29, 1.82) is 0 Å². The van der Waals surface area contributed by atoms with Crippen LogP contribution >= 0.6 is 0 Å². The summed E-state index contributed by atoms with van der Waals surface area (Å²) < 4.78 is 0. The molecule has 0 bridgehead atoms. The maximum absolute atomic E-state index is 11.5. The second-order valence-electron chi connectivity index (χ2n) is 3.85. The molecule has 3 nitrogen and oxygen atoms in total. The number of nitrogens with one attached hydrogen (secondary N) is 1. The molecule has 1 N–H and O–H groups in total. The van der Waals surface area contributed by atoms with Gasteiger partial charge in [0.1, 0.15) is 0 Å². The van der Waals surface area contributed by atoms with Crippen molar-refractivity contribution in [3.8, 4) is 0 Å². The van der Waals surface area contributed by atoms with Crippen LogP contribution in [0.3, 0.4) is 0 Å². The van der Waals surface area contributed by atoms with Gasteiger partial charge in [-0.3, -0.25) is 4.79 Å². The van der Waals surface area contributed by atoms with Gasteiger partial charge >= 0.3 is 0 Å². The Morgan fingerprint density at radius 1 is 1.47 bits per heavy atom. The Hall–Kier alpha value is -1.51. The summed E-state index contributed by atoms with van der Waals surface area (Å²) in [5.41, 5.74) is 3.33. The van der Waals surface area contributed by atoms with E-state index in [9.17, 15) is 4.79 Å². The molecule has 2 rings (SSSR count). The van der Waals surface area contributed by atoms with Gasteiger partial charge in [-0.05, 0) is 25.5 Å². The first kappa shape index (κ1) is 10.0. The lowest BCUT2D eigenvalue weighted by atomic mass is 10.1. The van der Waals surface area contributed by atoms with Crippen molar-refractivity contribution in [3.63, 3.8) is 0 Å². The molecule has 15 heavy (non-hydrogen) atoms. The normalized spacial score (nSPS) is 15.6. The Kier molecular flexibility index (Phi) is 2.62. The van der Waals surface area contributed by atoms with Crippen LogP contribution in [0.4, 0.5) is 11.4 Å². The van der Waals surface area contributed by atoms with Crippen LogP contribution in [0, 0.1) is 6.92 Å². The van der Waals surface area contributed by atoms with E-state index in [1.807, 2.05) is 12.1 Å². The molecule has 1 aromatic rings. The maximum Gasteiger partial charge on any atom is 0.226 e. The first-order chi connectivity index (χ1) is 7.22. The number of fused-ring (bicyclic) bond motifs is 1. The van der Waals surface area contributed by atoms with Crippen LogP contribution in [0.2, 0.25) is 0 Å². The number of rotatable bonds is 1. The molecule has 1 aromatic carbocycles. The van der Waals surface area contributed by atoms with E-state index in [0.717, 1.165) is 18.8 Å². The predicted molar refractivity (Wildman–Crippen MR) is 62.3 cm³/mol. The van der Waals surface area contributed by atoms with E-state index >= 15 is 0 Å². The van der Waals surface area contributed by atoms with Gasteiger partial charge in [-0.2, -0.15) is 0 Å². The molecule has 3 heteroatoms. The number of para-hydroxylation sites is 1. The van der Waals surface area contributed by atoms with Crippen LogP contribution in [-0.2, 0) is 4.79 Å². The van der Waals surface area contributed by atoms with Gasteiger partial charge in [0.25, 0.3) is 0 Å². The highest BCUT2D eigenvalue weighted by molar-refractivity contribution is 5.96. The summed E-state index contributed by atoms with van der Waals surface area (Å²) in [7, 11) is 0. The monoisotopic (exact) mass is 204 g/mol. The summed E-state index contributed by atoms with van der Waals surface area (Å²) >= 11 is 0. The number of hydrogen-bond donors (Lipinski definition) is 1. The van der Waals surface area contributed by atoms with E-state index in [2.05, 4.69) is 30.1 Å². The standard InChI is InChI=1S/C12H16N2O/c1-3-14-8-7-11(15)13-10-6-4-5-9(2)12(10)14/h4-6H,3,7-8H2,1-2H3,(H,13,15). The van der Waals surface area contributed by atoms with Gasteiger partial charge < -0.3 is 10.2 Å². The fourth-order valence-corrected chi connectivity index (χ4v) is 2.06. The molecule has 0 saturated heterocycles. The lowest BCUT2D eigenvalue weighted by molar-refractivity contribution is -0.115. The first-order valence-electron chi connectivity index (χ1n) is 5.36. The van der Waals surface area contributed by atoms with Crippen LogP contribution in [0.5, 0.6) is 0 Å². The van der Waals surface area contributed by atoms with Crippen LogP contribution < -0.4 is 10.2 Å². The van der Waals surface area contributed by atoms with Gasteiger partial charge in [0.2, 0.25) is 5.91 Å². The van der Waals surface area contributed by atoms with Gasteiger partial charge in [0.05, 0.1) is 11.4 Å². The summed E-state index contributed by atoms with van der Waals surface area (Å²) in [6.45, 7) is 5.94. The molecule has 0 fully saturated rings. The zero-order chi connectivity index (χ0) is 10.8. The van der Waals surface area contributed by atoms with Crippen LogP contribution in [-0.4, -0.2) is 19.0 Å². The third-order valence-electron chi connectivity index (χ3n) is 2.82. The number of anilines is 2. The minimum absolute atomic E-state index is 0.109. The number of nitrogens with zero attached hydrogens (tertiary/aromatic N) is 1. The smallest absolute Gasteiger partial charge is 0.226 e. The van der Waals surface area contributed by atoms with E-state index in [-0.39, 0.29) is 5.91 Å². The fourth-order valence-electron chi connectivity index (χ4n) is 2.06. The maximum atomic E-state index is 11.5. The number of carbonyl (C=O) groups is 1.